The van der Waals surface area contributed by atoms with Gasteiger partial charge in [-0.1, -0.05) is 55.3 Å². The maximum Gasteiger partial charge on any atom is 0.228 e. The Morgan fingerprint density at radius 2 is 1.76 bits per heavy atom. The molecule has 4 rings (SSSR count). The number of unbranched alkanes of at least 4 members (excludes halogenated alkanes) is 1. The average Bonchev–Trinajstić information content (AvgIpc) is 2.88. The number of methoxy groups -OCH3 is 1. The second-order valence-electron chi connectivity index (χ2n) is 9.04. The van der Waals surface area contributed by atoms with Gasteiger partial charge in [0, 0.05) is 44.7 Å². The number of piperidine rings is 1. The van der Waals surface area contributed by atoms with E-state index in [9.17, 15) is 9.59 Å². The highest BCUT2D eigenvalue weighted by molar-refractivity contribution is 6.33. The molecule has 2 heterocycles. The fraction of sp³-hybridized carbons (Fsp3) is 0.481. The van der Waals surface area contributed by atoms with Gasteiger partial charge in [-0.3, -0.25) is 9.59 Å². The standard InChI is InChI=1S/C27H34ClN3O3/c1-3-4-15-31-25(32)14-13-21(26(31)20-9-5-8-12-24(20)34-2)27(33)30-18-16-29(17-19-30)23-11-7-6-10-22(23)28/h5-12,21,26H,3-4,13-19H2,1-2H3. The van der Waals surface area contributed by atoms with E-state index in [1.807, 2.05) is 58.3 Å². The largest absolute Gasteiger partial charge is 0.496 e. The number of likely N-dealkylation sites (tertiary alicyclic amines) is 1. The van der Waals surface area contributed by atoms with Crippen LogP contribution in [0.3, 0.4) is 0 Å². The van der Waals surface area contributed by atoms with E-state index in [2.05, 4.69) is 11.8 Å². The summed E-state index contributed by atoms with van der Waals surface area (Å²) in [6, 6.07) is 15.3. The topological polar surface area (TPSA) is 53.1 Å². The van der Waals surface area contributed by atoms with Crippen LogP contribution in [0, 0.1) is 5.92 Å². The fourth-order valence-corrected chi connectivity index (χ4v) is 5.46. The Hall–Kier alpha value is -2.73. The van der Waals surface area contributed by atoms with Crippen LogP contribution in [-0.2, 0) is 9.59 Å². The van der Waals surface area contributed by atoms with Crippen LogP contribution in [0.25, 0.3) is 0 Å². The van der Waals surface area contributed by atoms with E-state index in [1.165, 1.54) is 0 Å². The van der Waals surface area contributed by atoms with Crippen molar-refractivity contribution >= 4 is 29.1 Å². The molecule has 2 aromatic carbocycles. The number of amides is 2. The Kier molecular flexibility index (Phi) is 7.99. The molecular weight excluding hydrogens is 450 g/mol. The molecule has 6 nitrogen and oxygen atoms in total. The van der Waals surface area contributed by atoms with Crippen LogP contribution in [0.4, 0.5) is 5.69 Å². The highest BCUT2D eigenvalue weighted by atomic mass is 35.5. The lowest BCUT2D eigenvalue weighted by Gasteiger charge is -2.44. The molecule has 0 aliphatic carbocycles. The van der Waals surface area contributed by atoms with Crippen molar-refractivity contribution < 1.29 is 14.3 Å². The van der Waals surface area contributed by atoms with Crippen molar-refractivity contribution in [3.8, 4) is 5.75 Å². The molecule has 0 saturated carbocycles. The zero-order chi connectivity index (χ0) is 24.1. The van der Waals surface area contributed by atoms with Gasteiger partial charge in [0.2, 0.25) is 11.8 Å². The van der Waals surface area contributed by atoms with Gasteiger partial charge in [-0.25, -0.2) is 0 Å². The van der Waals surface area contributed by atoms with E-state index in [1.54, 1.807) is 7.11 Å². The van der Waals surface area contributed by atoms with Crippen molar-refractivity contribution in [3.63, 3.8) is 0 Å². The number of benzene rings is 2. The summed E-state index contributed by atoms with van der Waals surface area (Å²) < 4.78 is 5.65. The average molecular weight is 484 g/mol. The number of hydrogen-bond acceptors (Lipinski definition) is 4. The van der Waals surface area contributed by atoms with Crippen LogP contribution in [-0.4, -0.2) is 61.4 Å². The van der Waals surface area contributed by atoms with E-state index in [0.717, 1.165) is 48.0 Å². The van der Waals surface area contributed by atoms with E-state index >= 15 is 0 Å². The van der Waals surface area contributed by atoms with Crippen molar-refractivity contribution in [1.29, 1.82) is 0 Å². The number of hydrogen-bond donors (Lipinski definition) is 0. The highest BCUT2D eigenvalue weighted by Gasteiger charge is 2.43. The Morgan fingerprint density at radius 1 is 1.06 bits per heavy atom. The SMILES string of the molecule is CCCCN1C(=O)CCC(C(=O)N2CCN(c3ccccc3Cl)CC2)C1c1ccccc1OC. The van der Waals surface area contributed by atoms with Crippen molar-refractivity contribution in [3.05, 3.63) is 59.1 Å². The van der Waals surface area contributed by atoms with Crippen LogP contribution in [0.1, 0.15) is 44.2 Å². The molecule has 182 valence electrons. The van der Waals surface area contributed by atoms with Gasteiger partial charge < -0.3 is 19.4 Å². The van der Waals surface area contributed by atoms with Crippen LogP contribution in [0.15, 0.2) is 48.5 Å². The van der Waals surface area contributed by atoms with Gasteiger partial charge in [-0.05, 0) is 31.0 Å². The monoisotopic (exact) mass is 483 g/mol. The Bertz CT molecular complexity index is 1010. The first kappa shape index (κ1) is 24.4. The van der Waals surface area contributed by atoms with Crippen LogP contribution in [0.2, 0.25) is 5.02 Å². The van der Waals surface area contributed by atoms with Crippen molar-refractivity contribution in [2.24, 2.45) is 5.92 Å². The summed E-state index contributed by atoms with van der Waals surface area (Å²) in [6.45, 7) is 5.53. The Balaban J connectivity index is 1.56. The predicted molar refractivity (Wildman–Crippen MR) is 135 cm³/mol. The molecule has 0 spiro atoms. The van der Waals surface area contributed by atoms with Crippen molar-refractivity contribution in [2.75, 3.05) is 44.7 Å². The number of halogens is 1. The Morgan fingerprint density at radius 3 is 2.47 bits per heavy atom. The Labute approximate surface area is 207 Å². The van der Waals surface area contributed by atoms with Gasteiger partial charge >= 0.3 is 0 Å². The third-order valence-electron chi connectivity index (χ3n) is 7.02. The molecule has 7 heteroatoms. The summed E-state index contributed by atoms with van der Waals surface area (Å²) in [5, 5.41) is 0.732. The third kappa shape index (κ3) is 5.02. The van der Waals surface area contributed by atoms with Crippen molar-refractivity contribution in [2.45, 2.75) is 38.6 Å². The van der Waals surface area contributed by atoms with Gasteiger partial charge in [0.05, 0.1) is 29.8 Å². The maximum absolute atomic E-state index is 13.9. The molecular formula is C27H34ClN3O3. The van der Waals surface area contributed by atoms with Gasteiger partial charge in [0.15, 0.2) is 0 Å². The summed E-state index contributed by atoms with van der Waals surface area (Å²) in [5.41, 5.74) is 1.93. The number of nitrogens with zero attached hydrogens (tertiary/aromatic N) is 3. The predicted octanol–water partition coefficient (Wildman–Crippen LogP) is 4.78. The minimum atomic E-state index is -0.307. The van der Waals surface area contributed by atoms with Gasteiger partial charge in [-0.15, -0.1) is 0 Å². The summed E-state index contributed by atoms with van der Waals surface area (Å²) in [6.07, 6.45) is 2.87. The summed E-state index contributed by atoms with van der Waals surface area (Å²) in [4.78, 5) is 33.0. The van der Waals surface area contributed by atoms with Crippen LogP contribution >= 0.6 is 11.6 Å². The molecule has 0 N–H and O–H groups in total. The number of para-hydroxylation sites is 2. The fourth-order valence-electron chi connectivity index (χ4n) is 5.21. The molecule has 0 radical (unpaired) electrons. The lowest BCUT2D eigenvalue weighted by molar-refractivity contribution is -0.148. The number of anilines is 1. The highest BCUT2D eigenvalue weighted by Crippen LogP contribution is 2.41. The molecule has 2 unspecified atom stereocenters. The number of piperazine rings is 1. The van der Waals surface area contributed by atoms with Crippen LogP contribution in [0.5, 0.6) is 5.75 Å². The molecule has 2 atom stereocenters. The minimum Gasteiger partial charge on any atom is -0.496 e. The molecule has 2 amide bonds. The molecule has 34 heavy (non-hydrogen) atoms. The van der Waals surface area contributed by atoms with Crippen LogP contribution < -0.4 is 9.64 Å². The lowest BCUT2D eigenvalue weighted by Crippen LogP contribution is -2.54. The molecule has 0 bridgehead atoms. The van der Waals surface area contributed by atoms with E-state index in [-0.39, 0.29) is 23.8 Å². The number of carbonyl (C=O) groups excluding carboxylic acids is 2. The second-order valence-corrected chi connectivity index (χ2v) is 9.44. The summed E-state index contributed by atoms with van der Waals surface area (Å²) in [5.74, 6) is 0.698. The molecule has 2 saturated heterocycles. The third-order valence-corrected chi connectivity index (χ3v) is 7.34. The molecule has 0 aromatic heterocycles. The maximum atomic E-state index is 13.9. The van der Waals surface area contributed by atoms with E-state index < -0.39 is 0 Å². The second kappa shape index (κ2) is 11.1. The summed E-state index contributed by atoms with van der Waals surface area (Å²) >= 11 is 6.39. The first-order valence-corrected chi connectivity index (χ1v) is 12.6. The molecule has 2 fully saturated rings. The van der Waals surface area contributed by atoms with Gasteiger partial charge in [-0.2, -0.15) is 0 Å². The quantitative estimate of drug-likeness (QED) is 0.569. The van der Waals surface area contributed by atoms with E-state index in [4.69, 9.17) is 16.3 Å². The lowest BCUT2D eigenvalue weighted by atomic mass is 9.82. The smallest absolute Gasteiger partial charge is 0.228 e. The van der Waals surface area contributed by atoms with Gasteiger partial charge in [0.1, 0.15) is 5.75 Å². The van der Waals surface area contributed by atoms with Gasteiger partial charge in [0.25, 0.3) is 0 Å². The minimum absolute atomic E-state index is 0.122. The van der Waals surface area contributed by atoms with Crippen molar-refractivity contribution in [1.82, 2.24) is 9.80 Å². The number of ether oxygens (including phenoxy) is 1. The first-order valence-electron chi connectivity index (χ1n) is 12.3. The first-order chi connectivity index (χ1) is 16.5. The normalized spacial score (nSPS) is 21.0. The van der Waals surface area contributed by atoms with E-state index in [0.29, 0.717) is 32.5 Å². The molecule has 2 aromatic rings. The molecule has 2 aliphatic rings. The number of rotatable bonds is 7. The number of carbonyl (C=O) groups is 2. The molecule has 2 aliphatic heterocycles. The summed E-state index contributed by atoms with van der Waals surface area (Å²) in [7, 11) is 1.64. The zero-order valence-corrected chi connectivity index (χ0v) is 20.8. The zero-order valence-electron chi connectivity index (χ0n) is 20.1.